The van der Waals surface area contributed by atoms with Crippen molar-refractivity contribution in [3.05, 3.63) is 34.1 Å². The van der Waals surface area contributed by atoms with Crippen LogP contribution in [0.4, 0.5) is 4.39 Å². The van der Waals surface area contributed by atoms with E-state index in [0.717, 1.165) is 36.2 Å². The fraction of sp³-hybridized carbons (Fsp3) is 0.647. The van der Waals surface area contributed by atoms with Gasteiger partial charge in [0, 0.05) is 5.54 Å². The van der Waals surface area contributed by atoms with Crippen LogP contribution in [0, 0.1) is 29.5 Å². The number of halogens is 2. The largest absolute Gasteiger partial charge is 0.325 e. The van der Waals surface area contributed by atoms with Crippen molar-refractivity contribution in [2.24, 2.45) is 29.4 Å². The number of nitrogens with two attached hydrogens (primary N) is 1. The van der Waals surface area contributed by atoms with Gasteiger partial charge in [-0.3, -0.25) is 0 Å². The molecule has 3 saturated carbocycles. The summed E-state index contributed by atoms with van der Waals surface area (Å²) in [4.78, 5) is 0. The molecule has 5 atom stereocenters. The van der Waals surface area contributed by atoms with E-state index in [1.165, 1.54) is 31.7 Å². The van der Waals surface area contributed by atoms with Crippen LogP contribution in [0.5, 0.6) is 0 Å². The zero-order valence-electron chi connectivity index (χ0n) is 11.6. The van der Waals surface area contributed by atoms with E-state index < -0.39 is 0 Å². The second-order valence-corrected chi connectivity index (χ2v) is 7.98. The lowest BCUT2D eigenvalue weighted by molar-refractivity contribution is 0.156. The highest BCUT2D eigenvalue weighted by molar-refractivity contribution is 9.10. The van der Waals surface area contributed by atoms with E-state index in [-0.39, 0.29) is 11.4 Å². The first-order valence-electron chi connectivity index (χ1n) is 7.80. The predicted octanol–water partition coefficient (Wildman–Crippen LogP) is 4.28. The van der Waals surface area contributed by atoms with Gasteiger partial charge in [0.1, 0.15) is 5.82 Å². The molecule has 0 heterocycles. The van der Waals surface area contributed by atoms with E-state index in [4.69, 9.17) is 5.73 Å². The number of rotatable bonds is 2. The lowest BCUT2D eigenvalue weighted by atomic mass is 9.69. The minimum absolute atomic E-state index is 0.105. The first-order valence-corrected chi connectivity index (χ1v) is 8.59. The van der Waals surface area contributed by atoms with Gasteiger partial charge in [-0.1, -0.05) is 18.6 Å². The van der Waals surface area contributed by atoms with E-state index in [0.29, 0.717) is 10.4 Å². The Hall–Kier alpha value is -0.410. The Morgan fingerprint density at radius 2 is 2.10 bits per heavy atom. The smallest absolute Gasteiger partial charge is 0.137 e. The highest BCUT2D eigenvalue weighted by atomic mass is 79.9. The number of fused-ring (bicyclic) bond motifs is 5. The normalized spacial score (nSPS) is 42.1. The molecule has 0 aromatic heterocycles. The standard InChI is InChI=1S/C17H21BrFN/c18-16-10(3-1-6-15(16)19)8-17(20)9-11-7-14(17)13-5-2-4-12(11)13/h1,3,6,11-14H,2,4-5,7-9,20H2. The molecule has 3 aliphatic rings. The average molecular weight is 338 g/mol. The van der Waals surface area contributed by atoms with E-state index in [1.54, 1.807) is 6.07 Å². The zero-order valence-corrected chi connectivity index (χ0v) is 13.2. The van der Waals surface area contributed by atoms with Gasteiger partial charge in [-0.2, -0.15) is 0 Å². The van der Waals surface area contributed by atoms with Gasteiger partial charge in [-0.15, -0.1) is 0 Å². The maximum Gasteiger partial charge on any atom is 0.137 e. The zero-order chi connectivity index (χ0) is 13.9. The van der Waals surface area contributed by atoms with Gasteiger partial charge in [-0.25, -0.2) is 4.39 Å². The Bertz CT molecular complexity index is 546. The monoisotopic (exact) mass is 337 g/mol. The molecule has 0 radical (unpaired) electrons. The molecule has 0 aliphatic heterocycles. The van der Waals surface area contributed by atoms with Crippen LogP contribution in [-0.2, 0) is 6.42 Å². The van der Waals surface area contributed by atoms with Gasteiger partial charge in [0.2, 0.25) is 0 Å². The summed E-state index contributed by atoms with van der Waals surface area (Å²) < 4.78 is 14.3. The molecule has 3 aliphatic carbocycles. The summed E-state index contributed by atoms with van der Waals surface area (Å²) in [5.74, 6) is 3.13. The van der Waals surface area contributed by atoms with E-state index >= 15 is 0 Å². The Morgan fingerprint density at radius 1 is 1.30 bits per heavy atom. The van der Waals surface area contributed by atoms with Crippen LogP contribution in [0.1, 0.15) is 37.7 Å². The van der Waals surface area contributed by atoms with Crippen molar-refractivity contribution in [2.45, 2.75) is 44.1 Å². The quantitative estimate of drug-likeness (QED) is 0.856. The SMILES string of the molecule is NC1(Cc2cccc(F)c2Br)CC2CC1C1CCCC21. The number of hydrogen-bond acceptors (Lipinski definition) is 1. The van der Waals surface area contributed by atoms with Crippen molar-refractivity contribution in [2.75, 3.05) is 0 Å². The molecular weight excluding hydrogens is 317 g/mol. The van der Waals surface area contributed by atoms with E-state index in [9.17, 15) is 4.39 Å². The van der Waals surface area contributed by atoms with E-state index in [2.05, 4.69) is 15.9 Å². The summed E-state index contributed by atoms with van der Waals surface area (Å²) >= 11 is 3.39. The van der Waals surface area contributed by atoms with Gasteiger partial charge < -0.3 is 5.73 Å². The molecule has 3 fully saturated rings. The molecule has 1 aromatic rings. The van der Waals surface area contributed by atoms with E-state index in [1.807, 2.05) is 6.07 Å². The van der Waals surface area contributed by atoms with Gasteiger partial charge >= 0.3 is 0 Å². The molecule has 5 unspecified atom stereocenters. The first kappa shape index (κ1) is 13.3. The maximum atomic E-state index is 13.7. The molecular formula is C17H21BrFN. The molecule has 108 valence electrons. The summed E-state index contributed by atoms with van der Waals surface area (Å²) in [5, 5.41) is 0. The number of hydrogen-bond donors (Lipinski definition) is 1. The van der Waals surface area contributed by atoms with Crippen molar-refractivity contribution in [3.63, 3.8) is 0 Å². The molecule has 20 heavy (non-hydrogen) atoms. The third kappa shape index (κ3) is 1.82. The van der Waals surface area contributed by atoms with Gasteiger partial charge in [0.25, 0.3) is 0 Å². The average Bonchev–Trinajstić information content (AvgIpc) is 3.05. The Balaban J connectivity index is 1.61. The maximum absolute atomic E-state index is 13.7. The van der Waals surface area contributed by atoms with Gasteiger partial charge in [0.05, 0.1) is 4.47 Å². The lowest BCUT2D eigenvalue weighted by Gasteiger charge is -2.40. The van der Waals surface area contributed by atoms with Crippen molar-refractivity contribution < 1.29 is 4.39 Å². The van der Waals surface area contributed by atoms with Gasteiger partial charge in [-0.05, 0) is 83.3 Å². The van der Waals surface area contributed by atoms with Crippen LogP contribution < -0.4 is 5.73 Å². The summed E-state index contributed by atoms with van der Waals surface area (Å²) in [6.45, 7) is 0. The molecule has 0 spiro atoms. The number of benzene rings is 1. The van der Waals surface area contributed by atoms with Crippen molar-refractivity contribution >= 4 is 15.9 Å². The third-order valence-electron chi connectivity index (χ3n) is 6.24. The molecule has 0 saturated heterocycles. The molecule has 3 heteroatoms. The molecule has 1 nitrogen and oxygen atoms in total. The minimum atomic E-state index is -0.173. The van der Waals surface area contributed by atoms with Crippen LogP contribution in [0.3, 0.4) is 0 Å². The second kappa shape index (κ2) is 4.54. The first-order chi connectivity index (χ1) is 9.58. The van der Waals surface area contributed by atoms with Crippen LogP contribution in [0.25, 0.3) is 0 Å². The summed E-state index contributed by atoms with van der Waals surface area (Å²) in [7, 11) is 0. The van der Waals surface area contributed by atoms with Crippen LogP contribution in [0.15, 0.2) is 22.7 Å². The van der Waals surface area contributed by atoms with Crippen molar-refractivity contribution in [1.82, 2.24) is 0 Å². The Kier molecular flexibility index (Phi) is 3.01. The Labute approximate surface area is 128 Å². The predicted molar refractivity (Wildman–Crippen MR) is 81.8 cm³/mol. The molecule has 2 N–H and O–H groups in total. The third-order valence-corrected chi connectivity index (χ3v) is 7.12. The summed E-state index contributed by atoms with van der Waals surface area (Å²) in [6, 6.07) is 5.31. The highest BCUT2D eigenvalue weighted by Crippen LogP contribution is 2.62. The van der Waals surface area contributed by atoms with Crippen LogP contribution in [-0.4, -0.2) is 5.54 Å². The topological polar surface area (TPSA) is 26.0 Å². The highest BCUT2D eigenvalue weighted by Gasteiger charge is 2.59. The van der Waals surface area contributed by atoms with Crippen molar-refractivity contribution in [1.29, 1.82) is 0 Å². The Morgan fingerprint density at radius 3 is 2.95 bits per heavy atom. The van der Waals surface area contributed by atoms with Crippen molar-refractivity contribution in [3.8, 4) is 0 Å². The fourth-order valence-electron chi connectivity index (χ4n) is 5.56. The molecule has 1 aromatic carbocycles. The van der Waals surface area contributed by atoms with Crippen LogP contribution >= 0.6 is 15.9 Å². The lowest BCUT2D eigenvalue weighted by Crippen LogP contribution is -2.51. The molecule has 4 rings (SSSR count). The fourth-order valence-corrected chi connectivity index (χ4v) is 5.96. The molecule has 0 amide bonds. The molecule has 2 bridgehead atoms. The minimum Gasteiger partial charge on any atom is -0.325 e. The summed E-state index contributed by atoms with van der Waals surface area (Å²) in [5.41, 5.74) is 7.74. The summed E-state index contributed by atoms with van der Waals surface area (Å²) in [6.07, 6.45) is 7.46. The van der Waals surface area contributed by atoms with Crippen LogP contribution in [0.2, 0.25) is 0 Å². The second-order valence-electron chi connectivity index (χ2n) is 7.19. The van der Waals surface area contributed by atoms with Gasteiger partial charge in [0.15, 0.2) is 0 Å².